The normalized spacial score (nSPS) is 10.3. The van der Waals surface area contributed by atoms with Crippen molar-refractivity contribution in [1.29, 1.82) is 0 Å². The van der Waals surface area contributed by atoms with E-state index in [9.17, 15) is 9.59 Å². The lowest BCUT2D eigenvalue weighted by Crippen LogP contribution is -2.38. The van der Waals surface area contributed by atoms with E-state index in [2.05, 4.69) is 28.0 Å². The molecule has 0 unspecified atom stereocenters. The number of hydrogen-bond donors (Lipinski definition) is 3. The van der Waals surface area contributed by atoms with Crippen LogP contribution in [0.5, 0.6) is 0 Å². The van der Waals surface area contributed by atoms with Crippen LogP contribution in [0.1, 0.15) is 18.2 Å². The SMILES string of the molecule is C=NN.CCN(CCNCCc1ccc2c(=O)occc2c1)C(=O)Cc1ccc(N(C)N)cn1. The maximum Gasteiger partial charge on any atom is 0.343 e. The van der Waals surface area contributed by atoms with E-state index < -0.39 is 0 Å². The molecule has 3 rings (SSSR count). The van der Waals surface area contributed by atoms with Crippen molar-refractivity contribution in [2.45, 2.75) is 19.8 Å². The van der Waals surface area contributed by atoms with Gasteiger partial charge in [-0.1, -0.05) is 12.1 Å². The van der Waals surface area contributed by atoms with Gasteiger partial charge in [0.1, 0.15) is 0 Å². The Morgan fingerprint density at radius 1 is 1.24 bits per heavy atom. The molecular formula is C24H33N7O3. The van der Waals surface area contributed by atoms with Crippen LogP contribution in [0.15, 0.2) is 63.2 Å². The van der Waals surface area contributed by atoms with Crippen molar-refractivity contribution in [2.24, 2.45) is 16.8 Å². The number of aromatic nitrogens is 1. The second-order valence-electron chi connectivity index (χ2n) is 7.58. The summed E-state index contributed by atoms with van der Waals surface area (Å²) >= 11 is 0. The smallest absolute Gasteiger partial charge is 0.343 e. The number of rotatable bonds is 10. The molecule has 5 N–H and O–H groups in total. The summed E-state index contributed by atoms with van der Waals surface area (Å²) in [5.74, 6) is 10.1. The summed E-state index contributed by atoms with van der Waals surface area (Å²) in [7, 11) is 1.74. The number of hydrazine groups is 1. The number of hydrazone groups is 1. The number of pyridine rings is 1. The Morgan fingerprint density at radius 2 is 2.00 bits per heavy atom. The fourth-order valence-corrected chi connectivity index (χ4v) is 3.35. The van der Waals surface area contributed by atoms with Gasteiger partial charge < -0.3 is 25.5 Å². The number of nitrogens with one attached hydrogen (secondary N) is 1. The number of fused-ring (bicyclic) bond motifs is 1. The molecule has 3 aromatic rings. The minimum Gasteiger partial charge on any atom is -0.431 e. The largest absolute Gasteiger partial charge is 0.431 e. The maximum atomic E-state index is 12.6. The predicted octanol–water partition coefficient (Wildman–Crippen LogP) is 1.28. The molecule has 0 aliphatic rings. The zero-order valence-corrected chi connectivity index (χ0v) is 19.7. The summed E-state index contributed by atoms with van der Waals surface area (Å²) in [4.78, 5) is 30.4. The Bertz CT molecular complexity index is 1110. The average Bonchev–Trinajstić information content (AvgIpc) is 2.82. The van der Waals surface area contributed by atoms with E-state index in [0.29, 0.717) is 25.0 Å². The molecule has 0 spiro atoms. The van der Waals surface area contributed by atoms with E-state index in [4.69, 9.17) is 10.3 Å². The summed E-state index contributed by atoms with van der Waals surface area (Å²) in [6.45, 7) is 7.65. The minimum atomic E-state index is -0.315. The maximum absolute atomic E-state index is 12.6. The van der Waals surface area contributed by atoms with Gasteiger partial charge in [0.05, 0.1) is 30.0 Å². The lowest BCUT2D eigenvalue weighted by Gasteiger charge is -2.21. The number of anilines is 1. The van der Waals surface area contributed by atoms with Crippen molar-refractivity contribution < 1.29 is 9.21 Å². The predicted molar refractivity (Wildman–Crippen MR) is 136 cm³/mol. The second kappa shape index (κ2) is 13.7. The first-order valence-corrected chi connectivity index (χ1v) is 11.0. The van der Waals surface area contributed by atoms with Crippen molar-refractivity contribution in [2.75, 3.05) is 38.2 Å². The van der Waals surface area contributed by atoms with Crippen LogP contribution in [-0.4, -0.2) is 55.7 Å². The van der Waals surface area contributed by atoms with Crippen LogP contribution in [0.25, 0.3) is 10.8 Å². The quantitative estimate of drug-likeness (QED) is 0.175. The molecule has 10 nitrogen and oxygen atoms in total. The molecule has 1 aromatic carbocycles. The van der Waals surface area contributed by atoms with E-state index in [1.807, 2.05) is 36.1 Å². The van der Waals surface area contributed by atoms with Gasteiger partial charge in [0, 0.05) is 39.1 Å². The summed E-state index contributed by atoms with van der Waals surface area (Å²) in [5.41, 5.74) is 2.35. The number of hydrogen-bond acceptors (Lipinski definition) is 9. The molecule has 0 atom stereocenters. The van der Waals surface area contributed by atoms with E-state index in [-0.39, 0.29) is 18.0 Å². The third-order valence-electron chi connectivity index (χ3n) is 5.19. The van der Waals surface area contributed by atoms with E-state index in [1.54, 1.807) is 25.4 Å². The van der Waals surface area contributed by atoms with Gasteiger partial charge in [0.25, 0.3) is 0 Å². The zero-order chi connectivity index (χ0) is 24.9. The van der Waals surface area contributed by atoms with Crippen molar-refractivity contribution in [3.63, 3.8) is 0 Å². The molecule has 0 aliphatic heterocycles. The lowest BCUT2D eigenvalue weighted by molar-refractivity contribution is -0.130. The molecule has 0 radical (unpaired) electrons. The lowest BCUT2D eigenvalue weighted by atomic mass is 10.1. The third kappa shape index (κ3) is 7.98. The summed E-state index contributed by atoms with van der Waals surface area (Å²) < 4.78 is 4.89. The standard InChI is InChI=1S/C23H29N5O3.CH4N2/c1-3-28(22(29)15-19-5-6-20(16-26-19)27(2)24)12-11-25-10-8-17-4-7-21-18(14-17)9-13-31-23(21)30;1-3-2/h4-7,9,13-14,16,25H,3,8,10-12,15,24H2,1-2H3;1-2H2. The van der Waals surface area contributed by atoms with Gasteiger partial charge in [-0.2, -0.15) is 5.10 Å². The van der Waals surface area contributed by atoms with Crippen LogP contribution < -0.4 is 27.6 Å². The van der Waals surface area contributed by atoms with E-state index >= 15 is 0 Å². The van der Waals surface area contributed by atoms with Gasteiger partial charge >= 0.3 is 5.63 Å². The van der Waals surface area contributed by atoms with Crippen LogP contribution in [0.3, 0.4) is 0 Å². The van der Waals surface area contributed by atoms with E-state index in [1.165, 1.54) is 11.3 Å². The summed E-state index contributed by atoms with van der Waals surface area (Å²) in [6, 6.07) is 11.2. The van der Waals surface area contributed by atoms with Crippen LogP contribution in [-0.2, 0) is 17.6 Å². The van der Waals surface area contributed by atoms with Crippen LogP contribution in [0.4, 0.5) is 5.69 Å². The molecule has 182 valence electrons. The Balaban J connectivity index is 0.00000129. The van der Waals surface area contributed by atoms with Gasteiger partial charge in [-0.3, -0.25) is 9.78 Å². The molecule has 10 heteroatoms. The minimum absolute atomic E-state index is 0.0546. The fraction of sp³-hybridized carbons (Fsp3) is 0.333. The Kier molecular flexibility index (Phi) is 10.7. The second-order valence-corrected chi connectivity index (χ2v) is 7.58. The third-order valence-corrected chi connectivity index (χ3v) is 5.19. The first kappa shape index (κ1) is 26.5. The molecule has 0 saturated heterocycles. The van der Waals surface area contributed by atoms with Crippen LogP contribution >= 0.6 is 0 Å². The number of amides is 1. The van der Waals surface area contributed by atoms with Crippen LogP contribution in [0, 0.1) is 0 Å². The van der Waals surface area contributed by atoms with Crippen molar-refractivity contribution in [1.82, 2.24) is 15.2 Å². The summed E-state index contributed by atoms with van der Waals surface area (Å²) in [6.07, 6.45) is 4.19. The van der Waals surface area contributed by atoms with Gasteiger partial charge in [0.2, 0.25) is 5.91 Å². The zero-order valence-electron chi connectivity index (χ0n) is 19.7. The first-order chi connectivity index (χ1) is 16.4. The number of nitrogens with two attached hydrogens (primary N) is 2. The highest BCUT2D eigenvalue weighted by Gasteiger charge is 2.13. The number of carbonyl (C=O) groups is 1. The molecule has 0 bridgehead atoms. The highest BCUT2D eigenvalue weighted by atomic mass is 16.4. The highest BCUT2D eigenvalue weighted by Crippen LogP contribution is 2.13. The number of carbonyl (C=O) groups excluding carboxylic acids is 1. The first-order valence-electron chi connectivity index (χ1n) is 11.0. The Morgan fingerprint density at radius 3 is 2.65 bits per heavy atom. The van der Waals surface area contributed by atoms with Crippen LogP contribution in [0.2, 0.25) is 0 Å². The molecule has 1 amide bonds. The molecule has 2 heterocycles. The van der Waals surface area contributed by atoms with Gasteiger partial charge in [-0.25, -0.2) is 10.6 Å². The molecule has 0 saturated carbocycles. The molecule has 34 heavy (non-hydrogen) atoms. The molecule has 0 fully saturated rings. The van der Waals surface area contributed by atoms with Crippen molar-refractivity contribution in [3.05, 3.63) is 70.5 Å². The monoisotopic (exact) mass is 467 g/mol. The van der Waals surface area contributed by atoms with Crippen molar-refractivity contribution >= 4 is 29.1 Å². The Labute approximate surface area is 199 Å². The highest BCUT2D eigenvalue weighted by molar-refractivity contribution is 5.81. The van der Waals surface area contributed by atoms with Gasteiger partial charge in [-0.15, -0.1) is 0 Å². The number of benzene rings is 1. The van der Waals surface area contributed by atoms with Gasteiger partial charge in [0.15, 0.2) is 0 Å². The Hall–Kier alpha value is -3.76. The fourth-order valence-electron chi connectivity index (χ4n) is 3.35. The van der Waals surface area contributed by atoms with Crippen molar-refractivity contribution in [3.8, 4) is 0 Å². The summed E-state index contributed by atoms with van der Waals surface area (Å²) in [5, 5.41) is 9.10. The topological polar surface area (TPSA) is 143 Å². The molecule has 2 aromatic heterocycles. The van der Waals surface area contributed by atoms with Gasteiger partial charge in [-0.05, 0) is 55.1 Å². The number of nitrogens with zero attached hydrogens (tertiary/aromatic N) is 4. The number of likely N-dealkylation sites (N-methyl/N-ethyl adjacent to an activating group) is 1. The molecular weight excluding hydrogens is 434 g/mol. The average molecular weight is 468 g/mol. The molecule has 0 aliphatic carbocycles. The van der Waals surface area contributed by atoms with E-state index in [0.717, 1.165) is 35.3 Å².